The zero-order chi connectivity index (χ0) is 24.7. The molecular weight excluding hydrogens is 494 g/mol. The molecule has 0 radical (unpaired) electrons. The molecule has 0 aliphatic carbocycles. The Bertz CT molecular complexity index is 1480. The summed E-state index contributed by atoms with van der Waals surface area (Å²) in [5.74, 6) is 0.871. The Morgan fingerprint density at radius 2 is 1.91 bits per heavy atom. The Morgan fingerprint density at radius 1 is 1.14 bits per heavy atom. The molecule has 13 heteroatoms. The lowest BCUT2D eigenvalue weighted by Gasteiger charge is -2.34. The van der Waals surface area contributed by atoms with Crippen LogP contribution in [0.4, 0.5) is 5.69 Å². The fourth-order valence-corrected chi connectivity index (χ4v) is 5.06. The highest BCUT2D eigenvalue weighted by Gasteiger charge is 2.24. The number of anilines is 1. The van der Waals surface area contributed by atoms with E-state index >= 15 is 0 Å². The van der Waals surface area contributed by atoms with Crippen LogP contribution >= 0.6 is 11.6 Å². The van der Waals surface area contributed by atoms with Crippen molar-refractivity contribution in [2.75, 3.05) is 24.1 Å². The van der Waals surface area contributed by atoms with Gasteiger partial charge in [0.05, 0.1) is 48.0 Å². The second-order valence-electron chi connectivity index (χ2n) is 8.74. The van der Waals surface area contributed by atoms with Crippen molar-refractivity contribution in [1.29, 1.82) is 0 Å². The number of morpholine rings is 1. The van der Waals surface area contributed by atoms with Crippen LogP contribution in [0.1, 0.15) is 19.7 Å². The van der Waals surface area contributed by atoms with Gasteiger partial charge in [0, 0.05) is 30.2 Å². The maximum Gasteiger partial charge on any atom is 0.248 e. The number of benzene rings is 1. The van der Waals surface area contributed by atoms with Gasteiger partial charge in [-0.3, -0.25) is 14.7 Å². The molecule has 3 aromatic heterocycles. The van der Waals surface area contributed by atoms with Crippen LogP contribution in [-0.4, -0.2) is 70.2 Å². The smallest absolute Gasteiger partial charge is 0.248 e. The molecule has 184 valence electrons. The summed E-state index contributed by atoms with van der Waals surface area (Å²) >= 11 is 6.10. The number of hydrogen-bond acceptors (Lipinski definition) is 9. The highest BCUT2D eigenvalue weighted by atomic mass is 35.5. The summed E-state index contributed by atoms with van der Waals surface area (Å²) in [5.41, 5.74) is 3.02. The topological polar surface area (TPSA) is 139 Å². The number of rotatable bonds is 6. The Balaban J connectivity index is 1.49. The van der Waals surface area contributed by atoms with Gasteiger partial charge in [-0.15, -0.1) is 10.2 Å². The highest BCUT2D eigenvalue weighted by molar-refractivity contribution is 7.92. The molecule has 11 nitrogen and oxygen atoms in total. The third kappa shape index (κ3) is 5.30. The molecule has 0 saturated carbocycles. The van der Waals surface area contributed by atoms with Crippen molar-refractivity contribution in [3.05, 3.63) is 41.6 Å². The molecule has 4 aromatic rings. The standard InChI is InChI=1S/C22H24ClN7O4S/c1-12-9-30(10-13(2)33-12)11-20-27-28-22(34-20)16-4-14(5-18-17(16)8-25-26-18)15-6-19(21(23)24-7-15)29-35(3,31)32/h4-8,12-13,29H,9-11H2,1-3H3,(H,25,26)/t12-,13+. The van der Waals surface area contributed by atoms with Crippen molar-refractivity contribution in [3.8, 4) is 22.6 Å². The molecule has 1 fully saturated rings. The summed E-state index contributed by atoms with van der Waals surface area (Å²) in [5, 5.41) is 16.5. The van der Waals surface area contributed by atoms with Gasteiger partial charge in [-0.1, -0.05) is 11.6 Å². The Kier molecular flexibility index (Phi) is 6.21. The lowest BCUT2D eigenvalue weighted by atomic mass is 10.0. The van der Waals surface area contributed by atoms with E-state index in [9.17, 15) is 8.42 Å². The first kappa shape index (κ1) is 23.7. The molecule has 1 aliphatic heterocycles. The molecule has 2 N–H and O–H groups in total. The molecule has 1 aliphatic rings. The van der Waals surface area contributed by atoms with E-state index in [0.29, 0.717) is 29.5 Å². The normalized spacial score (nSPS) is 19.3. The zero-order valence-corrected chi connectivity index (χ0v) is 20.9. The largest absolute Gasteiger partial charge is 0.419 e. The quantitative estimate of drug-likeness (QED) is 0.368. The third-order valence-corrected chi connectivity index (χ3v) is 6.47. The van der Waals surface area contributed by atoms with Crippen molar-refractivity contribution in [1.82, 2.24) is 30.3 Å². The number of aromatic amines is 1. The number of H-pyrrole nitrogens is 1. The molecule has 4 heterocycles. The summed E-state index contributed by atoms with van der Waals surface area (Å²) in [7, 11) is -3.53. The van der Waals surface area contributed by atoms with Crippen LogP contribution in [0, 0.1) is 0 Å². The predicted octanol–water partition coefficient (Wildman–Crippen LogP) is 3.31. The van der Waals surface area contributed by atoms with Crippen molar-refractivity contribution >= 4 is 38.2 Å². The van der Waals surface area contributed by atoms with Gasteiger partial charge in [-0.25, -0.2) is 13.4 Å². The van der Waals surface area contributed by atoms with Gasteiger partial charge >= 0.3 is 0 Å². The minimum absolute atomic E-state index is 0.0512. The van der Waals surface area contributed by atoms with E-state index in [1.165, 1.54) is 0 Å². The van der Waals surface area contributed by atoms with E-state index in [-0.39, 0.29) is 23.0 Å². The maximum absolute atomic E-state index is 11.7. The van der Waals surface area contributed by atoms with Gasteiger partial charge in [0.15, 0.2) is 5.15 Å². The number of halogens is 1. The van der Waals surface area contributed by atoms with Gasteiger partial charge < -0.3 is 9.15 Å². The minimum Gasteiger partial charge on any atom is -0.419 e. The number of ether oxygens (including phenoxy) is 1. The second kappa shape index (κ2) is 9.19. The molecule has 0 unspecified atom stereocenters. The fraction of sp³-hybridized carbons (Fsp3) is 0.364. The van der Waals surface area contributed by atoms with Crippen LogP contribution in [0.25, 0.3) is 33.5 Å². The van der Waals surface area contributed by atoms with Crippen LogP contribution in [0.3, 0.4) is 0 Å². The molecule has 35 heavy (non-hydrogen) atoms. The number of nitrogens with one attached hydrogen (secondary N) is 2. The summed E-state index contributed by atoms with van der Waals surface area (Å²) in [6.45, 7) is 6.20. The summed E-state index contributed by atoms with van der Waals surface area (Å²) in [4.78, 5) is 6.37. The summed E-state index contributed by atoms with van der Waals surface area (Å²) in [6.07, 6.45) is 4.59. The highest BCUT2D eigenvalue weighted by Crippen LogP contribution is 2.34. The third-order valence-electron chi connectivity index (χ3n) is 5.58. The number of pyridine rings is 1. The lowest BCUT2D eigenvalue weighted by molar-refractivity contribution is -0.0721. The first-order chi connectivity index (χ1) is 16.6. The monoisotopic (exact) mass is 517 g/mol. The van der Waals surface area contributed by atoms with E-state index < -0.39 is 10.0 Å². The van der Waals surface area contributed by atoms with Gasteiger partial charge in [-0.05, 0) is 37.6 Å². The lowest BCUT2D eigenvalue weighted by Crippen LogP contribution is -2.44. The van der Waals surface area contributed by atoms with Crippen LogP contribution in [-0.2, 0) is 21.3 Å². The molecule has 0 amide bonds. The van der Waals surface area contributed by atoms with Crippen LogP contribution < -0.4 is 4.72 Å². The molecule has 2 atom stereocenters. The number of fused-ring (bicyclic) bond motifs is 1. The number of aromatic nitrogens is 5. The second-order valence-corrected chi connectivity index (χ2v) is 10.9. The molecule has 0 spiro atoms. The molecule has 1 aromatic carbocycles. The van der Waals surface area contributed by atoms with E-state index in [0.717, 1.165) is 35.8 Å². The average molecular weight is 518 g/mol. The molecule has 1 saturated heterocycles. The Labute approximate surface area is 206 Å². The van der Waals surface area contributed by atoms with Crippen molar-refractivity contribution in [3.63, 3.8) is 0 Å². The Morgan fingerprint density at radius 3 is 2.66 bits per heavy atom. The maximum atomic E-state index is 11.7. The van der Waals surface area contributed by atoms with Crippen LogP contribution in [0.5, 0.6) is 0 Å². The van der Waals surface area contributed by atoms with Gasteiger partial charge in [0.2, 0.25) is 21.8 Å². The van der Waals surface area contributed by atoms with Gasteiger partial charge in [0.25, 0.3) is 0 Å². The van der Waals surface area contributed by atoms with E-state index in [1.807, 2.05) is 26.0 Å². The number of sulfonamides is 1. The molecule has 5 rings (SSSR count). The summed E-state index contributed by atoms with van der Waals surface area (Å²) in [6, 6.07) is 5.38. The van der Waals surface area contributed by atoms with Crippen molar-refractivity contribution in [2.45, 2.75) is 32.6 Å². The summed E-state index contributed by atoms with van der Waals surface area (Å²) < 4.78 is 37.7. The SMILES string of the molecule is C[C@@H]1CN(Cc2nnc(-c3cc(-c4cnc(Cl)c(NS(C)(=O)=O)c4)cc4[nH]ncc34)o2)C[C@H](C)O1. The number of hydrogen-bond donors (Lipinski definition) is 2. The van der Waals surface area contributed by atoms with Gasteiger partial charge in [0.1, 0.15) is 0 Å². The van der Waals surface area contributed by atoms with Gasteiger partial charge in [-0.2, -0.15) is 5.10 Å². The Hall–Kier alpha value is -3.06. The van der Waals surface area contributed by atoms with Crippen LogP contribution in [0.15, 0.2) is 35.0 Å². The molecular formula is C22H24ClN7O4S. The minimum atomic E-state index is -3.53. The number of nitrogens with zero attached hydrogens (tertiary/aromatic N) is 5. The average Bonchev–Trinajstić information content (AvgIpc) is 3.42. The zero-order valence-electron chi connectivity index (χ0n) is 19.3. The van der Waals surface area contributed by atoms with E-state index in [1.54, 1.807) is 18.5 Å². The van der Waals surface area contributed by atoms with Crippen LogP contribution in [0.2, 0.25) is 5.15 Å². The fourth-order valence-electron chi connectivity index (χ4n) is 4.30. The predicted molar refractivity (Wildman–Crippen MR) is 131 cm³/mol. The van der Waals surface area contributed by atoms with Crippen molar-refractivity contribution in [2.24, 2.45) is 0 Å². The van der Waals surface area contributed by atoms with E-state index in [4.69, 9.17) is 20.8 Å². The van der Waals surface area contributed by atoms with Crippen molar-refractivity contribution < 1.29 is 17.6 Å². The van der Waals surface area contributed by atoms with E-state index in [2.05, 4.69) is 35.0 Å². The molecule has 0 bridgehead atoms. The first-order valence-corrected chi connectivity index (χ1v) is 13.2. The first-order valence-electron chi connectivity index (χ1n) is 11.0.